The zero-order valence-corrected chi connectivity index (χ0v) is 12.3. The molecule has 1 aromatic rings. The fourth-order valence-corrected chi connectivity index (χ4v) is 2.83. The predicted molar refractivity (Wildman–Crippen MR) is 79.4 cm³/mol. The highest BCUT2D eigenvalue weighted by Crippen LogP contribution is 2.26. The molecule has 1 aromatic carbocycles. The Kier molecular flexibility index (Phi) is 4.79. The van der Waals surface area contributed by atoms with E-state index in [0.29, 0.717) is 11.5 Å². The molecule has 0 saturated heterocycles. The SMILES string of the molecule is Cc1ccc(C(=O)NC(C#N)C2CCCCC2)cc1C. The van der Waals surface area contributed by atoms with Crippen LogP contribution in [-0.2, 0) is 0 Å². The molecule has 20 heavy (non-hydrogen) atoms. The van der Waals surface area contributed by atoms with Crippen molar-refractivity contribution < 1.29 is 4.79 Å². The zero-order chi connectivity index (χ0) is 14.5. The Hall–Kier alpha value is -1.82. The van der Waals surface area contributed by atoms with Gasteiger partial charge in [0.2, 0.25) is 0 Å². The van der Waals surface area contributed by atoms with E-state index in [4.69, 9.17) is 0 Å². The number of nitriles is 1. The summed E-state index contributed by atoms with van der Waals surface area (Å²) in [5.74, 6) is 0.175. The summed E-state index contributed by atoms with van der Waals surface area (Å²) in [6.07, 6.45) is 5.68. The second-order valence-electron chi connectivity index (χ2n) is 5.78. The molecule has 1 unspecified atom stereocenters. The molecule has 0 spiro atoms. The highest BCUT2D eigenvalue weighted by Gasteiger charge is 2.25. The van der Waals surface area contributed by atoms with Crippen LogP contribution in [0.1, 0.15) is 53.6 Å². The van der Waals surface area contributed by atoms with E-state index in [1.807, 2.05) is 32.0 Å². The smallest absolute Gasteiger partial charge is 0.252 e. The largest absolute Gasteiger partial charge is 0.336 e. The minimum Gasteiger partial charge on any atom is -0.336 e. The lowest BCUT2D eigenvalue weighted by atomic mass is 9.84. The lowest BCUT2D eigenvalue weighted by Crippen LogP contribution is -2.40. The van der Waals surface area contributed by atoms with Crippen LogP contribution in [0.5, 0.6) is 0 Å². The number of rotatable bonds is 3. The maximum Gasteiger partial charge on any atom is 0.252 e. The number of nitrogens with zero attached hydrogens (tertiary/aromatic N) is 1. The molecule has 1 aliphatic carbocycles. The van der Waals surface area contributed by atoms with Crippen molar-refractivity contribution in [1.82, 2.24) is 5.32 Å². The Morgan fingerprint density at radius 3 is 2.55 bits per heavy atom. The molecule has 1 N–H and O–H groups in total. The van der Waals surface area contributed by atoms with Crippen molar-refractivity contribution in [2.75, 3.05) is 0 Å². The van der Waals surface area contributed by atoms with E-state index in [1.165, 1.54) is 24.8 Å². The van der Waals surface area contributed by atoms with E-state index in [0.717, 1.165) is 18.4 Å². The molecule has 0 radical (unpaired) electrons. The fraction of sp³-hybridized carbons (Fsp3) is 0.529. The topological polar surface area (TPSA) is 52.9 Å². The first-order valence-electron chi connectivity index (χ1n) is 7.39. The number of carbonyl (C=O) groups excluding carboxylic acids is 1. The van der Waals surface area contributed by atoms with Crippen molar-refractivity contribution in [1.29, 1.82) is 5.26 Å². The summed E-state index contributed by atoms with van der Waals surface area (Å²) in [6, 6.07) is 7.58. The number of hydrogen-bond acceptors (Lipinski definition) is 2. The molecule has 1 saturated carbocycles. The lowest BCUT2D eigenvalue weighted by Gasteiger charge is -2.26. The van der Waals surface area contributed by atoms with Crippen molar-refractivity contribution in [2.45, 2.75) is 52.0 Å². The molecule has 106 valence electrons. The number of aryl methyl sites for hydroxylation is 2. The third-order valence-corrected chi connectivity index (χ3v) is 4.32. The Morgan fingerprint density at radius 1 is 1.25 bits per heavy atom. The predicted octanol–water partition coefficient (Wildman–Crippen LogP) is 3.51. The highest BCUT2D eigenvalue weighted by atomic mass is 16.1. The van der Waals surface area contributed by atoms with Crippen LogP contribution < -0.4 is 5.32 Å². The highest BCUT2D eigenvalue weighted by molar-refractivity contribution is 5.94. The molecule has 1 amide bonds. The standard InChI is InChI=1S/C17H22N2O/c1-12-8-9-15(10-13(12)2)17(20)19-16(11-18)14-6-4-3-5-7-14/h8-10,14,16H,3-7H2,1-2H3,(H,19,20). The fourth-order valence-electron chi connectivity index (χ4n) is 2.83. The summed E-state index contributed by atoms with van der Waals surface area (Å²) in [5.41, 5.74) is 2.92. The minimum absolute atomic E-state index is 0.134. The van der Waals surface area contributed by atoms with Gasteiger partial charge in [-0.3, -0.25) is 4.79 Å². The van der Waals surface area contributed by atoms with Gasteiger partial charge in [-0.15, -0.1) is 0 Å². The van der Waals surface area contributed by atoms with Gasteiger partial charge in [0.05, 0.1) is 6.07 Å². The van der Waals surface area contributed by atoms with Gasteiger partial charge in [-0.25, -0.2) is 0 Å². The van der Waals surface area contributed by atoms with Crippen LogP contribution in [0.15, 0.2) is 18.2 Å². The van der Waals surface area contributed by atoms with Gasteiger partial charge < -0.3 is 5.32 Å². The van der Waals surface area contributed by atoms with Crippen molar-refractivity contribution >= 4 is 5.91 Å². The first-order valence-corrected chi connectivity index (χ1v) is 7.39. The molecule has 0 aromatic heterocycles. The number of carbonyl (C=O) groups is 1. The van der Waals surface area contributed by atoms with Gasteiger partial charge in [-0.05, 0) is 55.9 Å². The maximum absolute atomic E-state index is 12.3. The van der Waals surface area contributed by atoms with E-state index in [1.54, 1.807) is 0 Å². The zero-order valence-electron chi connectivity index (χ0n) is 12.3. The molecule has 2 rings (SSSR count). The number of hydrogen-bond donors (Lipinski definition) is 1. The first kappa shape index (κ1) is 14.6. The van der Waals surface area contributed by atoms with Crippen molar-refractivity contribution in [2.24, 2.45) is 5.92 Å². The van der Waals surface area contributed by atoms with Crippen LogP contribution in [0.25, 0.3) is 0 Å². The average Bonchev–Trinajstić information content (AvgIpc) is 2.48. The summed E-state index contributed by atoms with van der Waals surface area (Å²) in [4.78, 5) is 12.3. The van der Waals surface area contributed by atoms with Crippen LogP contribution in [0.4, 0.5) is 0 Å². The van der Waals surface area contributed by atoms with E-state index >= 15 is 0 Å². The third kappa shape index (κ3) is 3.39. The normalized spacial score (nSPS) is 17.2. The molecule has 1 aliphatic rings. The molecule has 1 fully saturated rings. The monoisotopic (exact) mass is 270 g/mol. The molecule has 0 aliphatic heterocycles. The van der Waals surface area contributed by atoms with Gasteiger partial charge in [0.1, 0.15) is 6.04 Å². The quantitative estimate of drug-likeness (QED) is 0.913. The van der Waals surface area contributed by atoms with Crippen LogP contribution in [-0.4, -0.2) is 11.9 Å². The Labute approximate surface area is 121 Å². The molecule has 0 bridgehead atoms. The van der Waals surface area contributed by atoms with Gasteiger partial charge in [-0.1, -0.05) is 25.3 Å². The summed E-state index contributed by atoms with van der Waals surface area (Å²) < 4.78 is 0. The van der Waals surface area contributed by atoms with Crippen LogP contribution in [0, 0.1) is 31.1 Å². The van der Waals surface area contributed by atoms with Crippen LogP contribution in [0.3, 0.4) is 0 Å². The van der Waals surface area contributed by atoms with E-state index in [2.05, 4.69) is 11.4 Å². The van der Waals surface area contributed by atoms with Crippen molar-refractivity contribution in [3.05, 3.63) is 34.9 Å². The van der Waals surface area contributed by atoms with Gasteiger partial charge in [0.15, 0.2) is 0 Å². The van der Waals surface area contributed by atoms with E-state index < -0.39 is 0 Å². The summed E-state index contributed by atoms with van der Waals surface area (Å²) in [7, 11) is 0. The minimum atomic E-state index is -0.357. The molecule has 3 heteroatoms. The number of nitrogens with one attached hydrogen (secondary N) is 1. The summed E-state index contributed by atoms with van der Waals surface area (Å²) in [6.45, 7) is 4.02. The van der Waals surface area contributed by atoms with E-state index in [-0.39, 0.29) is 11.9 Å². The number of amides is 1. The second-order valence-corrected chi connectivity index (χ2v) is 5.78. The Morgan fingerprint density at radius 2 is 1.95 bits per heavy atom. The van der Waals surface area contributed by atoms with E-state index in [9.17, 15) is 10.1 Å². The average molecular weight is 270 g/mol. The molecular formula is C17H22N2O. The summed E-state index contributed by atoms with van der Waals surface area (Å²) in [5, 5.41) is 12.2. The van der Waals surface area contributed by atoms with Gasteiger partial charge in [0.25, 0.3) is 5.91 Å². The molecule has 3 nitrogen and oxygen atoms in total. The molecular weight excluding hydrogens is 248 g/mol. The van der Waals surface area contributed by atoms with Crippen LogP contribution in [0.2, 0.25) is 0 Å². The second kappa shape index (κ2) is 6.56. The van der Waals surface area contributed by atoms with Crippen molar-refractivity contribution in [3.63, 3.8) is 0 Å². The Balaban J connectivity index is 2.05. The maximum atomic E-state index is 12.3. The first-order chi connectivity index (χ1) is 9.61. The molecule has 0 heterocycles. The van der Waals surface area contributed by atoms with Crippen LogP contribution >= 0.6 is 0 Å². The van der Waals surface area contributed by atoms with Crippen molar-refractivity contribution in [3.8, 4) is 6.07 Å². The lowest BCUT2D eigenvalue weighted by molar-refractivity contribution is 0.0929. The van der Waals surface area contributed by atoms with Gasteiger partial charge >= 0.3 is 0 Å². The van der Waals surface area contributed by atoms with Gasteiger partial charge in [0, 0.05) is 5.56 Å². The third-order valence-electron chi connectivity index (χ3n) is 4.32. The van der Waals surface area contributed by atoms with Gasteiger partial charge in [-0.2, -0.15) is 5.26 Å². The molecule has 1 atom stereocenters. The Bertz CT molecular complexity index is 524. The summed E-state index contributed by atoms with van der Waals surface area (Å²) >= 11 is 0. The number of benzene rings is 1.